The first kappa shape index (κ1) is 17.8. The number of fused-ring (bicyclic) bond motifs is 1. The van der Waals surface area contributed by atoms with Crippen molar-refractivity contribution >= 4 is 11.9 Å². The Balaban J connectivity index is 1.53. The molecule has 0 saturated heterocycles. The van der Waals surface area contributed by atoms with Crippen molar-refractivity contribution in [2.24, 2.45) is 0 Å². The quantitative estimate of drug-likeness (QED) is 0.785. The van der Waals surface area contributed by atoms with Crippen LogP contribution < -0.4 is 10.9 Å². The van der Waals surface area contributed by atoms with E-state index in [2.05, 4.69) is 10.4 Å². The molecule has 0 radical (unpaired) electrons. The van der Waals surface area contributed by atoms with E-state index in [1.54, 1.807) is 13.0 Å². The van der Waals surface area contributed by atoms with Crippen LogP contribution in [-0.2, 0) is 33.8 Å². The van der Waals surface area contributed by atoms with Crippen molar-refractivity contribution in [3.8, 4) is 0 Å². The van der Waals surface area contributed by atoms with Gasteiger partial charge in [0.05, 0.1) is 5.69 Å². The van der Waals surface area contributed by atoms with E-state index in [1.165, 1.54) is 4.68 Å². The van der Waals surface area contributed by atoms with Gasteiger partial charge in [0.25, 0.3) is 5.56 Å². The number of nitrogens with one attached hydrogen (secondary N) is 1. The number of hydrogen-bond donors (Lipinski definition) is 1. The van der Waals surface area contributed by atoms with Crippen LogP contribution in [0.1, 0.15) is 36.2 Å². The lowest BCUT2D eigenvalue weighted by Gasteiger charge is -2.15. The second kappa shape index (κ2) is 7.95. The van der Waals surface area contributed by atoms with Crippen LogP contribution in [0.5, 0.6) is 0 Å². The summed E-state index contributed by atoms with van der Waals surface area (Å²) >= 11 is 0. The fourth-order valence-electron chi connectivity index (χ4n) is 2.90. The van der Waals surface area contributed by atoms with Crippen LogP contribution >= 0.6 is 0 Å². The topological polar surface area (TPSA) is 90.3 Å². The summed E-state index contributed by atoms with van der Waals surface area (Å²) in [6, 6.07) is 10.0. The molecule has 26 heavy (non-hydrogen) atoms. The molecular formula is C19H21N3O4. The predicted molar refractivity (Wildman–Crippen MR) is 94.5 cm³/mol. The molecule has 1 aromatic heterocycles. The van der Waals surface area contributed by atoms with Crippen LogP contribution in [0.4, 0.5) is 0 Å². The van der Waals surface area contributed by atoms with E-state index in [0.29, 0.717) is 0 Å². The van der Waals surface area contributed by atoms with E-state index >= 15 is 0 Å². The summed E-state index contributed by atoms with van der Waals surface area (Å²) in [5.41, 5.74) is 2.39. The van der Waals surface area contributed by atoms with E-state index in [1.807, 2.05) is 30.3 Å². The molecule has 136 valence electrons. The van der Waals surface area contributed by atoms with Gasteiger partial charge in [0, 0.05) is 6.07 Å². The van der Waals surface area contributed by atoms with Crippen molar-refractivity contribution in [1.82, 2.24) is 15.1 Å². The van der Waals surface area contributed by atoms with Crippen LogP contribution in [0, 0.1) is 0 Å². The molecule has 7 nitrogen and oxygen atoms in total. The molecule has 2 aromatic rings. The molecule has 1 aliphatic carbocycles. The predicted octanol–water partition coefficient (Wildman–Crippen LogP) is 1.15. The monoisotopic (exact) mass is 355 g/mol. The molecule has 0 spiro atoms. The van der Waals surface area contributed by atoms with E-state index in [4.69, 9.17) is 4.74 Å². The van der Waals surface area contributed by atoms with E-state index in [0.717, 1.165) is 36.1 Å². The summed E-state index contributed by atoms with van der Waals surface area (Å²) in [4.78, 5) is 36.2. The lowest BCUT2D eigenvalue weighted by Crippen LogP contribution is -2.39. The maximum Gasteiger partial charge on any atom is 0.325 e. The SMILES string of the molecule is C[C@@H](C(=O)NCC(=O)OCc1ccccc1)n1nc2c(cc1=O)CCC2. The molecule has 1 N–H and O–H groups in total. The number of aryl methyl sites for hydroxylation is 2. The van der Waals surface area contributed by atoms with Gasteiger partial charge in [-0.05, 0) is 37.3 Å². The zero-order valence-corrected chi connectivity index (χ0v) is 14.6. The van der Waals surface area contributed by atoms with Gasteiger partial charge < -0.3 is 10.1 Å². The molecule has 0 aliphatic heterocycles. The van der Waals surface area contributed by atoms with E-state index in [9.17, 15) is 14.4 Å². The molecule has 1 aliphatic rings. The standard InChI is InChI=1S/C19H21N3O4/c1-13(22-17(23)10-15-8-5-9-16(15)21-22)19(25)20-11-18(24)26-12-14-6-3-2-4-7-14/h2-4,6-7,10,13H,5,8-9,11-12H2,1H3,(H,20,25)/t13-/m0/s1. The molecular weight excluding hydrogens is 334 g/mol. The van der Waals surface area contributed by atoms with Gasteiger partial charge in [-0.2, -0.15) is 5.10 Å². The van der Waals surface area contributed by atoms with Gasteiger partial charge >= 0.3 is 5.97 Å². The van der Waals surface area contributed by atoms with Crippen molar-refractivity contribution in [3.63, 3.8) is 0 Å². The molecule has 0 saturated carbocycles. The Kier molecular flexibility index (Phi) is 5.46. The van der Waals surface area contributed by atoms with Crippen LogP contribution in [0.25, 0.3) is 0 Å². The van der Waals surface area contributed by atoms with Crippen LogP contribution in [0.15, 0.2) is 41.2 Å². The summed E-state index contributed by atoms with van der Waals surface area (Å²) in [5, 5.41) is 6.80. The van der Waals surface area contributed by atoms with Crippen molar-refractivity contribution in [3.05, 3.63) is 63.6 Å². The van der Waals surface area contributed by atoms with Gasteiger partial charge in [0.15, 0.2) is 0 Å². The highest BCUT2D eigenvalue weighted by atomic mass is 16.5. The largest absolute Gasteiger partial charge is 0.460 e. The van der Waals surface area contributed by atoms with Crippen molar-refractivity contribution in [2.75, 3.05) is 6.54 Å². The number of hydrogen-bond acceptors (Lipinski definition) is 5. The molecule has 1 amide bonds. The maximum atomic E-state index is 12.3. The Labute approximate surface area is 151 Å². The van der Waals surface area contributed by atoms with Gasteiger partial charge in [-0.25, -0.2) is 4.68 Å². The number of ether oxygens (including phenoxy) is 1. The minimum atomic E-state index is -0.796. The summed E-state index contributed by atoms with van der Waals surface area (Å²) < 4.78 is 6.29. The van der Waals surface area contributed by atoms with Crippen LogP contribution in [0.2, 0.25) is 0 Å². The van der Waals surface area contributed by atoms with Gasteiger partial charge in [0.2, 0.25) is 5.91 Å². The van der Waals surface area contributed by atoms with E-state index in [-0.39, 0.29) is 18.7 Å². The van der Waals surface area contributed by atoms with Gasteiger partial charge in [-0.15, -0.1) is 0 Å². The molecule has 3 rings (SSSR count). The summed E-state index contributed by atoms with van der Waals surface area (Å²) in [6.45, 7) is 1.48. The number of aromatic nitrogens is 2. The highest BCUT2D eigenvalue weighted by molar-refractivity contribution is 5.84. The summed E-state index contributed by atoms with van der Waals surface area (Å²) in [6.07, 6.45) is 2.64. The minimum absolute atomic E-state index is 0.150. The molecule has 0 unspecified atom stereocenters. The Morgan fingerprint density at radius 2 is 2.04 bits per heavy atom. The summed E-state index contributed by atoms with van der Waals surface area (Å²) in [7, 11) is 0. The number of rotatable bonds is 6. The Bertz CT molecular complexity index is 861. The second-order valence-electron chi connectivity index (χ2n) is 6.29. The van der Waals surface area contributed by atoms with E-state index < -0.39 is 17.9 Å². The number of amides is 1. The Morgan fingerprint density at radius 1 is 1.27 bits per heavy atom. The average molecular weight is 355 g/mol. The second-order valence-corrected chi connectivity index (χ2v) is 6.29. The first-order valence-corrected chi connectivity index (χ1v) is 8.63. The Morgan fingerprint density at radius 3 is 2.81 bits per heavy atom. The van der Waals surface area contributed by atoms with Crippen LogP contribution in [-0.4, -0.2) is 28.2 Å². The zero-order valence-electron chi connectivity index (χ0n) is 14.6. The Hall–Kier alpha value is -2.96. The highest BCUT2D eigenvalue weighted by Crippen LogP contribution is 2.17. The summed E-state index contributed by atoms with van der Waals surface area (Å²) in [5.74, 6) is -0.988. The fraction of sp³-hybridized carbons (Fsp3) is 0.368. The minimum Gasteiger partial charge on any atom is -0.460 e. The first-order chi connectivity index (χ1) is 12.5. The number of esters is 1. The molecule has 1 heterocycles. The van der Waals surface area contributed by atoms with Gasteiger partial charge in [-0.1, -0.05) is 30.3 Å². The smallest absolute Gasteiger partial charge is 0.325 e. The maximum absolute atomic E-state index is 12.3. The molecule has 0 bridgehead atoms. The van der Waals surface area contributed by atoms with Crippen molar-refractivity contribution in [2.45, 2.75) is 38.8 Å². The lowest BCUT2D eigenvalue weighted by molar-refractivity contribution is -0.145. The third-order valence-electron chi connectivity index (χ3n) is 4.38. The molecule has 0 fully saturated rings. The zero-order chi connectivity index (χ0) is 18.5. The third kappa shape index (κ3) is 4.17. The van der Waals surface area contributed by atoms with Gasteiger partial charge in [-0.3, -0.25) is 14.4 Å². The van der Waals surface area contributed by atoms with Crippen molar-refractivity contribution in [1.29, 1.82) is 0 Å². The molecule has 7 heteroatoms. The van der Waals surface area contributed by atoms with Gasteiger partial charge in [0.1, 0.15) is 19.2 Å². The number of carbonyl (C=O) groups excluding carboxylic acids is 2. The highest BCUT2D eigenvalue weighted by Gasteiger charge is 2.21. The molecule has 1 atom stereocenters. The van der Waals surface area contributed by atoms with Crippen LogP contribution in [0.3, 0.4) is 0 Å². The number of nitrogens with zero attached hydrogens (tertiary/aromatic N) is 2. The normalized spacial score (nSPS) is 13.7. The fourth-order valence-corrected chi connectivity index (χ4v) is 2.90. The number of carbonyl (C=O) groups is 2. The number of benzene rings is 1. The van der Waals surface area contributed by atoms with Crippen molar-refractivity contribution < 1.29 is 14.3 Å². The molecule has 1 aromatic carbocycles. The first-order valence-electron chi connectivity index (χ1n) is 8.63. The third-order valence-corrected chi connectivity index (χ3v) is 4.38. The average Bonchev–Trinajstić information content (AvgIpc) is 3.11. The lowest BCUT2D eigenvalue weighted by atomic mass is 10.2.